The number of nitrogens with one attached hydrogen (secondary N) is 5. The molecule has 0 aromatic heterocycles. The lowest BCUT2D eigenvalue weighted by molar-refractivity contribution is -0.143. The third-order valence-electron chi connectivity index (χ3n) is 9.56. The van der Waals surface area contributed by atoms with E-state index in [1.165, 1.54) is 0 Å². The number of rotatable bonds is 26. The van der Waals surface area contributed by atoms with Gasteiger partial charge in [0.15, 0.2) is 11.6 Å². The highest BCUT2D eigenvalue weighted by atomic mass is 19.2. The maximum absolute atomic E-state index is 14.1. The summed E-state index contributed by atoms with van der Waals surface area (Å²) < 4.78 is 60.1. The van der Waals surface area contributed by atoms with Crippen molar-refractivity contribution < 1.29 is 90.7 Å². The number of hydrogen-bond donors (Lipinski definition) is 9. The summed E-state index contributed by atoms with van der Waals surface area (Å²) in [6, 6.07) is 3.43. The van der Waals surface area contributed by atoms with Crippen LogP contribution in [0, 0.1) is 30.2 Å². The minimum Gasteiger partial charge on any atom is -0.481 e. The van der Waals surface area contributed by atoms with Crippen LogP contribution in [-0.2, 0) is 33.6 Å². The van der Waals surface area contributed by atoms with Crippen LogP contribution >= 0.6 is 0 Å². The van der Waals surface area contributed by atoms with Crippen molar-refractivity contribution in [1.82, 2.24) is 26.6 Å². The third kappa shape index (κ3) is 17.2. The zero-order valence-electron chi connectivity index (χ0n) is 35.4. The van der Waals surface area contributed by atoms with E-state index < -0.39 is 156 Å². The summed E-state index contributed by atoms with van der Waals surface area (Å²) in [6.45, 7) is 1.95. The fourth-order valence-electron chi connectivity index (χ4n) is 6.07. The van der Waals surface area contributed by atoms with Crippen molar-refractivity contribution in [3.05, 3.63) is 100 Å². The number of carbonyl (C=O) groups excluding carboxylic acids is 6. The number of carbonyl (C=O) groups is 10. The van der Waals surface area contributed by atoms with Gasteiger partial charge in [-0.25, -0.2) is 18.4 Å². The lowest BCUT2D eigenvalue weighted by Gasteiger charge is -2.26. The van der Waals surface area contributed by atoms with Gasteiger partial charge in [0, 0.05) is 43.0 Å². The number of halogens is 4. The first-order valence-corrected chi connectivity index (χ1v) is 20.2. The second-order valence-corrected chi connectivity index (χ2v) is 14.7. The SMILES string of the molecule is Cc1cccc(C(=O)NCCCC[C@@H](NC(=O)[C@@H](CCC(=O)O)NC(=O)[C@@H](CCC(=O)O)NC(=O)[C@@H](CCC(=O)O)NC(=O)c2cccc(C(=O)Oc3c(F)c(F)cc(F)c3F)c2)C(=O)O)c1. The lowest BCUT2D eigenvalue weighted by Crippen LogP contribution is -2.58. The molecule has 0 unspecified atom stereocenters. The van der Waals surface area contributed by atoms with Crippen molar-refractivity contribution in [2.45, 2.75) is 88.9 Å². The van der Waals surface area contributed by atoms with Gasteiger partial charge in [0.1, 0.15) is 24.2 Å². The number of esters is 1. The fraction of sp³-hybridized carbons (Fsp3) is 0.349. The van der Waals surface area contributed by atoms with Gasteiger partial charge in [-0.2, -0.15) is 8.78 Å². The molecular formula is C43H45F4N5O15. The van der Waals surface area contributed by atoms with Crippen LogP contribution in [0.5, 0.6) is 5.75 Å². The number of amides is 5. The van der Waals surface area contributed by atoms with Crippen LogP contribution in [0.2, 0.25) is 0 Å². The van der Waals surface area contributed by atoms with Gasteiger partial charge in [-0.15, -0.1) is 0 Å². The highest BCUT2D eigenvalue weighted by molar-refractivity contribution is 6.01. The highest BCUT2D eigenvalue weighted by Gasteiger charge is 2.33. The van der Waals surface area contributed by atoms with Gasteiger partial charge in [0.05, 0.1) is 5.56 Å². The molecule has 0 bridgehead atoms. The van der Waals surface area contributed by atoms with Crippen molar-refractivity contribution in [3.63, 3.8) is 0 Å². The molecular weight excluding hydrogens is 902 g/mol. The Kier molecular flexibility index (Phi) is 20.4. The predicted molar refractivity (Wildman–Crippen MR) is 220 cm³/mol. The molecule has 4 atom stereocenters. The maximum atomic E-state index is 14.1. The van der Waals surface area contributed by atoms with E-state index in [1.54, 1.807) is 31.2 Å². The van der Waals surface area contributed by atoms with Crippen LogP contribution in [-0.4, -0.2) is 111 Å². The molecule has 360 valence electrons. The number of hydrogen-bond acceptors (Lipinski definition) is 11. The molecule has 67 heavy (non-hydrogen) atoms. The van der Waals surface area contributed by atoms with Gasteiger partial charge in [0.2, 0.25) is 35.1 Å². The molecule has 24 heteroatoms. The minimum atomic E-state index is -2.05. The van der Waals surface area contributed by atoms with Crippen molar-refractivity contribution in [2.75, 3.05) is 6.54 Å². The van der Waals surface area contributed by atoms with Crippen molar-refractivity contribution in [2.24, 2.45) is 0 Å². The molecule has 3 aromatic rings. The molecule has 3 rings (SSSR count). The average Bonchev–Trinajstić information content (AvgIpc) is 3.27. The van der Waals surface area contributed by atoms with E-state index in [9.17, 15) is 85.9 Å². The second kappa shape index (κ2) is 25.5. The molecule has 0 aliphatic rings. The average molecular weight is 948 g/mol. The molecule has 9 N–H and O–H groups in total. The first-order valence-electron chi connectivity index (χ1n) is 20.2. The summed E-state index contributed by atoms with van der Waals surface area (Å²) in [5.41, 5.74) is 0.192. The number of carboxylic acid groups (broad SMARTS) is 4. The summed E-state index contributed by atoms with van der Waals surface area (Å²) in [6.07, 6.45) is -4.07. The smallest absolute Gasteiger partial charge is 0.343 e. The lowest BCUT2D eigenvalue weighted by atomic mass is 10.0. The van der Waals surface area contributed by atoms with E-state index >= 15 is 0 Å². The predicted octanol–water partition coefficient (Wildman–Crippen LogP) is 2.60. The van der Waals surface area contributed by atoms with E-state index in [2.05, 4.69) is 31.3 Å². The summed E-state index contributed by atoms with van der Waals surface area (Å²) >= 11 is 0. The number of aryl methyl sites for hydroxylation is 1. The Morgan fingerprint density at radius 3 is 1.46 bits per heavy atom. The second-order valence-electron chi connectivity index (χ2n) is 14.7. The summed E-state index contributed by atoms with van der Waals surface area (Å²) in [7, 11) is 0. The Bertz CT molecular complexity index is 2360. The van der Waals surface area contributed by atoms with Gasteiger partial charge >= 0.3 is 29.8 Å². The summed E-state index contributed by atoms with van der Waals surface area (Å²) in [5.74, 6) is -22.4. The van der Waals surface area contributed by atoms with Gasteiger partial charge in [-0.3, -0.25) is 38.4 Å². The zero-order chi connectivity index (χ0) is 50.0. The molecule has 0 radical (unpaired) electrons. The molecule has 0 aliphatic heterocycles. The van der Waals surface area contributed by atoms with Gasteiger partial charge in [-0.1, -0.05) is 23.8 Å². The molecule has 20 nitrogen and oxygen atoms in total. The quantitative estimate of drug-likeness (QED) is 0.0184. The minimum absolute atomic E-state index is 0.133. The normalized spacial score (nSPS) is 12.6. The van der Waals surface area contributed by atoms with Crippen LogP contribution in [0.3, 0.4) is 0 Å². The molecule has 0 spiro atoms. The molecule has 5 amide bonds. The van der Waals surface area contributed by atoms with E-state index in [1.807, 2.05) is 0 Å². The van der Waals surface area contributed by atoms with Crippen LogP contribution < -0.4 is 31.3 Å². The summed E-state index contributed by atoms with van der Waals surface area (Å²) in [4.78, 5) is 126. The number of carboxylic acids is 4. The molecule has 0 fully saturated rings. The molecule has 0 aliphatic carbocycles. The van der Waals surface area contributed by atoms with Gasteiger partial charge < -0.3 is 51.7 Å². The Hall–Kier alpha value is -7.92. The highest BCUT2D eigenvalue weighted by Crippen LogP contribution is 2.27. The molecule has 0 heterocycles. The van der Waals surface area contributed by atoms with E-state index in [4.69, 9.17) is 0 Å². The van der Waals surface area contributed by atoms with Gasteiger partial charge in [-0.05, 0) is 75.8 Å². The number of aliphatic carboxylic acids is 4. The first kappa shape index (κ1) is 53.4. The molecule has 0 saturated heterocycles. The van der Waals surface area contributed by atoms with Crippen molar-refractivity contribution >= 4 is 59.4 Å². The number of ether oxygens (including phenoxy) is 1. The zero-order valence-corrected chi connectivity index (χ0v) is 35.4. The Morgan fingerprint density at radius 2 is 0.985 bits per heavy atom. The van der Waals surface area contributed by atoms with Gasteiger partial charge in [0.25, 0.3) is 11.8 Å². The van der Waals surface area contributed by atoms with E-state index in [0.29, 0.717) is 5.56 Å². The number of unbranched alkanes of at least 4 members (excludes halogenated alkanes) is 1. The van der Waals surface area contributed by atoms with Crippen LogP contribution in [0.25, 0.3) is 0 Å². The Morgan fingerprint density at radius 1 is 0.537 bits per heavy atom. The Balaban J connectivity index is 1.76. The van der Waals surface area contributed by atoms with Crippen LogP contribution in [0.15, 0.2) is 54.6 Å². The van der Waals surface area contributed by atoms with Crippen molar-refractivity contribution in [1.29, 1.82) is 0 Å². The Labute approximate surface area is 377 Å². The van der Waals surface area contributed by atoms with Crippen molar-refractivity contribution in [3.8, 4) is 5.75 Å². The first-order chi connectivity index (χ1) is 31.6. The maximum Gasteiger partial charge on any atom is 0.343 e. The van der Waals surface area contributed by atoms with E-state index in [-0.39, 0.29) is 37.8 Å². The number of benzene rings is 3. The van der Waals surface area contributed by atoms with Crippen LogP contribution in [0.4, 0.5) is 17.6 Å². The third-order valence-corrected chi connectivity index (χ3v) is 9.56. The monoisotopic (exact) mass is 947 g/mol. The largest absolute Gasteiger partial charge is 0.481 e. The summed E-state index contributed by atoms with van der Waals surface area (Å²) in [5, 5.41) is 49.2. The molecule has 0 saturated carbocycles. The topological polar surface area (TPSA) is 321 Å². The molecule has 3 aromatic carbocycles. The fourth-order valence-corrected chi connectivity index (χ4v) is 6.07. The van der Waals surface area contributed by atoms with Crippen LogP contribution in [0.1, 0.15) is 94.4 Å². The standard InChI is InChI=1S/C43H45F4N5O15/c1-21-6-4-7-22(18-21)37(59)48-17-3-2-10-30(42(64)65)52-41(63)29(13-16-33(57)58)51-40(62)28(12-15-32(55)56)50-39(61)27(11-14-31(53)54)49-38(60)23-8-5-9-24(19-23)43(66)67-36-34(46)25(44)20-26(45)35(36)47/h4-9,18-20,27-30H,2-3,10-17H2,1H3,(H,48,59)(H,49,60)(H,50,61)(H,51,62)(H,52,63)(H,53,54)(H,55,56)(H,57,58)(H,64,65)/t27-,28-,29-,30-/m1/s1. The van der Waals surface area contributed by atoms with E-state index in [0.717, 1.165) is 29.8 Å².